The fourth-order valence-electron chi connectivity index (χ4n) is 4.76. The molecule has 0 aliphatic rings. The summed E-state index contributed by atoms with van der Waals surface area (Å²) in [6, 6.07) is 22.0. The maximum atomic E-state index is 15.1. The Bertz CT molecular complexity index is 1380. The highest BCUT2D eigenvalue weighted by molar-refractivity contribution is 7.51. The summed E-state index contributed by atoms with van der Waals surface area (Å²) in [5, 5.41) is 0.983. The first kappa shape index (κ1) is 26.2. The fraction of sp³-hybridized carbons (Fsp3) is 0.300. The van der Waals surface area contributed by atoms with Gasteiger partial charge in [0.1, 0.15) is 5.82 Å². The molecule has 6 heteroatoms. The Morgan fingerprint density at radius 2 is 1.64 bits per heavy atom. The third kappa shape index (κ3) is 7.10. The van der Waals surface area contributed by atoms with E-state index in [-0.39, 0.29) is 12.0 Å². The first-order valence-corrected chi connectivity index (χ1v) is 14.4. The molecular weight excluding hydrogens is 472 g/mol. The lowest BCUT2D eigenvalue weighted by Crippen LogP contribution is -1.96. The molecule has 0 atom stereocenters. The van der Waals surface area contributed by atoms with Crippen molar-refractivity contribution in [2.75, 3.05) is 6.16 Å². The number of fused-ring (bicyclic) bond motifs is 1. The summed E-state index contributed by atoms with van der Waals surface area (Å²) in [7, 11) is -3.93. The molecule has 3 aromatic carbocycles. The van der Waals surface area contributed by atoms with E-state index >= 15 is 4.39 Å². The van der Waals surface area contributed by atoms with Crippen LogP contribution in [0.25, 0.3) is 22.0 Å². The van der Waals surface area contributed by atoms with Crippen molar-refractivity contribution in [3.05, 3.63) is 101 Å². The molecule has 188 valence electrons. The normalized spacial score (nSPS) is 11.8. The first-order valence-electron chi connectivity index (χ1n) is 12.6. The summed E-state index contributed by atoms with van der Waals surface area (Å²) >= 11 is 0. The van der Waals surface area contributed by atoms with E-state index in [0.717, 1.165) is 65.3 Å². The van der Waals surface area contributed by atoms with Gasteiger partial charge in [0.05, 0.1) is 5.52 Å². The van der Waals surface area contributed by atoms with E-state index in [0.29, 0.717) is 12.8 Å². The van der Waals surface area contributed by atoms with Crippen molar-refractivity contribution < 1.29 is 18.7 Å². The van der Waals surface area contributed by atoms with E-state index in [1.165, 1.54) is 11.1 Å². The van der Waals surface area contributed by atoms with Gasteiger partial charge in [0.15, 0.2) is 0 Å². The van der Waals surface area contributed by atoms with Gasteiger partial charge in [-0.05, 0) is 85.4 Å². The van der Waals surface area contributed by atoms with Crippen LogP contribution in [0.4, 0.5) is 4.39 Å². The van der Waals surface area contributed by atoms with Crippen LogP contribution in [-0.4, -0.2) is 20.9 Å². The van der Waals surface area contributed by atoms with Crippen LogP contribution in [0.2, 0.25) is 0 Å². The second kappa shape index (κ2) is 11.9. The van der Waals surface area contributed by atoms with Crippen molar-refractivity contribution in [3.8, 4) is 11.1 Å². The summed E-state index contributed by atoms with van der Waals surface area (Å²) in [5.41, 5.74) is 7.05. The summed E-state index contributed by atoms with van der Waals surface area (Å²) in [4.78, 5) is 22.7. The van der Waals surface area contributed by atoms with Gasteiger partial charge < -0.3 is 9.79 Å². The van der Waals surface area contributed by atoms with Crippen molar-refractivity contribution in [1.82, 2.24) is 4.98 Å². The largest absolute Gasteiger partial charge is 0.325 e. The number of pyridine rings is 1. The number of aryl methyl sites for hydroxylation is 4. The molecule has 0 unspecified atom stereocenters. The molecule has 0 amide bonds. The average Bonchev–Trinajstić information content (AvgIpc) is 2.84. The molecule has 0 spiro atoms. The molecule has 1 aromatic heterocycles. The van der Waals surface area contributed by atoms with Crippen LogP contribution >= 0.6 is 7.60 Å². The van der Waals surface area contributed by atoms with Gasteiger partial charge in [-0.1, -0.05) is 66.6 Å². The van der Waals surface area contributed by atoms with Gasteiger partial charge in [-0.3, -0.25) is 9.55 Å². The Kier molecular flexibility index (Phi) is 8.68. The molecule has 0 aliphatic heterocycles. The highest BCUT2D eigenvalue weighted by Crippen LogP contribution is 2.36. The number of halogens is 1. The standard InChI is InChI=1S/C30H33FNO3P/c1-22-8-5-9-23(20-22)10-6-12-24-14-15-26(21-29(24)31)27-17-16-25(30-28(27)13-7-18-32-30)11-3-2-4-19-36(33,34)35/h5,7-9,13-18,20-21H,2-4,6,10-12,19H2,1H3,(H2,33,34,35). The van der Waals surface area contributed by atoms with E-state index in [4.69, 9.17) is 9.79 Å². The Hall–Kier alpha value is -2.85. The lowest BCUT2D eigenvalue weighted by Gasteiger charge is -2.12. The predicted octanol–water partition coefficient (Wildman–Crippen LogP) is 7.42. The van der Waals surface area contributed by atoms with Crippen molar-refractivity contribution in [2.24, 2.45) is 0 Å². The molecule has 4 nitrogen and oxygen atoms in total. The van der Waals surface area contributed by atoms with Crippen LogP contribution in [0.15, 0.2) is 72.9 Å². The maximum absolute atomic E-state index is 15.1. The molecule has 2 N–H and O–H groups in total. The van der Waals surface area contributed by atoms with E-state index in [9.17, 15) is 4.57 Å². The van der Waals surface area contributed by atoms with Gasteiger partial charge in [0.2, 0.25) is 0 Å². The van der Waals surface area contributed by atoms with Crippen LogP contribution in [0.1, 0.15) is 47.9 Å². The minimum Gasteiger partial charge on any atom is -0.324 e. The van der Waals surface area contributed by atoms with Gasteiger partial charge in [-0.25, -0.2) is 4.39 Å². The van der Waals surface area contributed by atoms with Crippen LogP contribution in [0.3, 0.4) is 0 Å². The minimum absolute atomic E-state index is 0.0710. The smallest absolute Gasteiger partial charge is 0.324 e. The van der Waals surface area contributed by atoms with Crippen LogP contribution in [0, 0.1) is 12.7 Å². The second-order valence-corrected chi connectivity index (χ2v) is 11.3. The van der Waals surface area contributed by atoms with Gasteiger partial charge in [0.25, 0.3) is 0 Å². The second-order valence-electron chi connectivity index (χ2n) is 9.52. The average molecular weight is 506 g/mol. The zero-order chi connectivity index (χ0) is 25.5. The van der Waals surface area contributed by atoms with Crippen LogP contribution < -0.4 is 0 Å². The highest BCUT2D eigenvalue weighted by atomic mass is 31.2. The lowest BCUT2D eigenvalue weighted by atomic mass is 9.94. The van der Waals surface area contributed by atoms with Gasteiger partial charge in [-0.15, -0.1) is 0 Å². The molecule has 0 fully saturated rings. The molecule has 4 rings (SSSR count). The molecule has 1 heterocycles. The zero-order valence-corrected chi connectivity index (χ0v) is 21.6. The topological polar surface area (TPSA) is 70.4 Å². The molecule has 0 bridgehead atoms. The number of benzene rings is 3. The third-order valence-corrected chi connectivity index (χ3v) is 7.51. The highest BCUT2D eigenvalue weighted by Gasteiger charge is 2.13. The van der Waals surface area contributed by atoms with Crippen LogP contribution in [-0.2, 0) is 23.8 Å². The number of hydrogen-bond donors (Lipinski definition) is 2. The summed E-state index contributed by atoms with van der Waals surface area (Å²) in [5.74, 6) is -0.178. The molecule has 4 aromatic rings. The summed E-state index contributed by atoms with van der Waals surface area (Å²) < 4.78 is 26.1. The van der Waals surface area contributed by atoms with Crippen molar-refractivity contribution in [1.29, 1.82) is 0 Å². The van der Waals surface area contributed by atoms with Crippen molar-refractivity contribution in [3.63, 3.8) is 0 Å². The number of hydrogen-bond acceptors (Lipinski definition) is 2. The van der Waals surface area contributed by atoms with E-state index in [2.05, 4.69) is 36.2 Å². The maximum Gasteiger partial charge on any atom is 0.325 e. The Balaban J connectivity index is 1.45. The number of nitrogens with zero attached hydrogens (tertiary/aromatic N) is 1. The van der Waals surface area contributed by atoms with Gasteiger partial charge in [0, 0.05) is 17.7 Å². The van der Waals surface area contributed by atoms with Crippen molar-refractivity contribution >= 4 is 18.5 Å². The molecule has 36 heavy (non-hydrogen) atoms. The third-order valence-electron chi connectivity index (χ3n) is 6.61. The number of rotatable bonds is 11. The number of aromatic nitrogens is 1. The molecule has 0 saturated heterocycles. The molecule has 0 radical (unpaired) electrons. The lowest BCUT2D eigenvalue weighted by molar-refractivity contribution is 0.371. The summed E-state index contributed by atoms with van der Waals surface area (Å²) in [6.07, 6.45) is 7.08. The van der Waals surface area contributed by atoms with E-state index in [1.54, 1.807) is 12.3 Å². The molecule has 0 saturated carbocycles. The van der Waals surface area contributed by atoms with E-state index < -0.39 is 7.60 Å². The monoisotopic (exact) mass is 505 g/mol. The first-order chi connectivity index (χ1) is 17.3. The number of unbranched alkanes of at least 4 members (excludes halogenated alkanes) is 2. The van der Waals surface area contributed by atoms with Crippen molar-refractivity contribution in [2.45, 2.75) is 51.9 Å². The Morgan fingerprint density at radius 1 is 0.833 bits per heavy atom. The van der Waals surface area contributed by atoms with Crippen LogP contribution in [0.5, 0.6) is 0 Å². The molecular formula is C30H33FNO3P. The predicted molar refractivity (Wildman–Crippen MR) is 145 cm³/mol. The Morgan fingerprint density at radius 3 is 2.42 bits per heavy atom. The molecule has 0 aliphatic carbocycles. The fourth-order valence-corrected chi connectivity index (χ4v) is 5.40. The zero-order valence-electron chi connectivity index (χ0n) is 20.7. The quantitative estimate of drug-likeness (QED) is 0.164. The Labute approximate surface area is 212 Å². The SMILES string of the molecule is Cc1cccc(CCCc2ccc(-c3ccc(CCCCCP(=O)(O)O)c4ncccc34)cc2F)c1. The minimum atomic E-state index is -3.93. The van der Waals surface area contributed by atoms with Gasteiger partial charge >= 0.3 is 7.60 Å². The van der Waals surface area contributed by atoms with Gasteiger partial charge in [-0.2, -0.15) is 0 Å². The van der Waals surface area contributed by atoms with E-state index in [1.807, 2.05) is 36.4 Å². The summed E-state index contributed by atoms with van der Waals surface area (Å²) in [6.45, 7) is 2.09.